The van der Waals surface area contributed by atoms with E-state index in [9.17, 15) is 18.0 Å². The molecule has 0 aromatic heterocycles. The van der Waals surface area contributed by atoms with Crippen LogP contribution in [0.1, 0.15) is 15.9 Å². The molecule has 0 bridgehead atoms. The van der Waals surface area contributed by atoms with Crippen molar-refractivity contribution in [1.82, 2.24) is 4.31 Å². The molecule has 2 aromatic rings. The molecule has 1 amide bonds. The molecule has 0 fully saturated rings. The number of esters is 1. The second-order valence-electron chi connectivity index (χ2n) is 5.90. The molecule has 0 atom stereocenters. The molecule has 0 radical (unpaired) electrons. The number of nitrogens with one attached hydrogen (secondary N) is 1. The van der Waals surface area contributed by atoms with Crippen molar-refractivity contribution in [2.24, 2.45) is 0 Å². The van der Waals surface area contributed by atoms with Crippen LogP contribution in [0, 0.1) is 6.92 Å². The van der Waals surface area contributed by atoms with Crippen LogP contribution in [-0.2, 0) is 19.6 Å². The topological polar surface area (TPSA) is 92.8 Å². The highest BCUT2D eigenvalue weighted by molar-refractivity contribution is 7.89. The van der Waals surface area contributed by atoms with E-state index in [0.29, 0.717) is 16.3 Å². The van der Waals surface area contributed by atoms with Crippen LogP contribution in [0.25, 0.3) is 0 Å². The minimum absolute atomic E-state index is 0.0457. The second-order valence-corrected chi connectivity index (χ2v) is 8.49. The van der Waals surface area contributed by atoms with Gasteiger partial charge in [-0.15, -0.1) is 0 Å². The number of hydrogen-bond acceptors (Lipinski definition) is 5. The van der Waals surface area contributed by atoms with Crippen molar-refractivity contribution in [2.75, 3.05) is 26.0 Å². The predicted octanol–water partition coefficient (Wildman–Crippen LogP) is 2.69. The van der Waals surface area contributed by atoms with E-state index >= 15 is 0 Å². The first-order valence-electron chi connectivity index (χ1n) is 7.87. The van der Waals surface area contributed by atoms with Crippen LogP contribution in [0.15, 0.2) is 47.4 Å². The van der Waals surface area contributed by atoms with Gasteiger partial charge < -0.3 is 10.1 Å². The Kier molecular flexibility index (Phi) is 6.59. The van der Waals surface area contributed by atoms with Crippen molar-refractivity contribution in [1.29, 1.82) is 0 Å². The molecular weight excluding hydrogens is 392 g/mol. The number of hydrogen-bond donors (Lipinski definition) is 1. The molecule has 0 aliphatic rings. The highest BCUT2D eigenvalue weighted by Crippen LogP contribution is 2.22. The molecule has 0 saturated heterocycles. The molecular formula is C18H19ClN2O5S. The van der Waals surface area contributed by atoms with Crippen LogP contribution in [-0.4, -0.2) is 45.3 Å². The van der Waals surface area contributed by atoms with E-state index in [2.05, 4.69) is 5.32 Å². The van der Waals surface area contributed by atoms with Crippen LogP contribution in [0.5, 0.6) is 0 Å². The maximum atomic E-state index is 12.2. The summed E-state index contributed by atoms with van der Waals surface area (Å²) < 4.78 is 30.5. The van der Waals surface area contributed by atoms with Gasteiger partial charge in [-0.3, -0.25) is 4.79 Å². The van der Waals surface area contributed by atoms with Gasteiger partial charge >= 0.3 is 5.97 Å². The Hall–Kier alpha value is -2.42. The third-order valence-electron chi connectivity index (χ3n) is 3.66. The zero-order valence-corrected chi connectivity index (χ0v) is 16.6. The number of halogens is 1. The van der Waals surface area contributed by atoms with E-state index in [-0.39, 0.29) is 10.5 Å². The fourth-order valence-corrected chi connectivity index (χ4v) is 3.24. The SMILES string of the molecule is Cc1ccc(S(=O)(=O)N(C)C)cc1NC(=O)COC(=O)c1cccc(Cl)c1. The van der Waals surface area contributed by atoms with Crippen LogP contribution in [0.4, 0.5) is 5.69 Å². The third kappa shape index (κ3) is 5.29. The Morgan fingerprint density at radius 3 is 2.48 bits per heavy atom. The number of benzene rings is 2. The average molecular weight is 411 g/mol. The van der Waals surface area contributed by atoms with Crippen LogP contribution >= 0.6 is 11.6 Å². The summed E-state index contributed by atoms with van der Waals surface area (Å²) in [4.78, 5) is 24.1. The van der Waals surface area contributed by atoms with Gasteiger partial charge in [-0.1, -0.05) is 23.7 Å². The van der Waals surface area contributed by atoms with Gasteiger partial charge in [0.25, 0.3) is 5.91 Å². The molecule has 0 aliphatic heterocycles. The molecule has 144 valence electrons. The molecule has 1 N–H and O–H groups in total. The average Bonchev–Trinajstić information content (AvgIpc) is 2.61. The first-order chi connectivity index (χ1) is 12.6. The number of anilines is 1. The number of rotatable bonds is 6. The largest absolute Gasteiger partial charge is 0.452 e. The number of aryl methyl sites for hydroxylation is 1. The Bertz CT molecular complexity index is 973. The van der Waals surface area contributed by atoms with Crippen molar-refractivity contribution >= 4 is 39.2 Å². The number of nitrogens with zero attached hydrogens (tertiary/aromatic N) is 1. The summed E-state index contributed by atoms with van der Waals surface area (Å²) in [6, 6.07) is 10.6. The van der Waals surface area contributed by atoms with E-state index < -0.39 is 28.5 Å². The molecule has 0 unspecified atom stereocenters. The second kappa shape index (κ2) is 8.51. The lowest BCUT2D eigenvalue weighted by molar-refractivity contribution is -0.119. The predicted molar refractivity (Wildman–Crippen MR) is 102 cm³/mol. The van der Waals surface area contributed by atoms with Gasteiger partial charge in [-0.05, 0) is 42.8 Å². The number of sulfonamides is 1. The molecule has 9 heteroatoms. The van der Waals surface area contributed by atoms with Gasteiger partial charge in [0.1, 0.15) is 0 Å². The fourth-order valence-electron chi connectivity index (χ4n) is 2.12. The lowest BCUT2D eigenvalue weighted by Gasteiger charge is -2.14. The highest BCUT2D eigenvalue weighted by Gasteiger charge is 2.19. The Morgan fingerprint density at radius 1 is 1.15 bits per heavy atom. The molecule has 0 aliphatic carbocycles. The van der Waals surface area contributed by atoms with E-state index in [0.717, 1.165) is 4.31 Å². The fraction of sp³-hybridized carbons (Fsp3) is 0.222. The monoisotopic (exact) mass is 410 g/mol. The van der Waals surface area contributed by atoms with Gasteiger partial charge in [0.05, 0.1) is 10.5 Å². The van der Waals surface area contributed by atoms with Gasteiger partial charge in [0, 0.05) is 24.8 Å². The van der Waals surface area contributed by atoms with Crippen LogP contribution in [0.3, 0.4) is 0 Å². The van der Waals surface area contributed by atoms with Crippen LogP contribution in [0.2, 0.25) is 5.02 Å². The zero-order valence-electron chi connectivity index (χ0n) is 15.0. The number of amides is 1. The quantitative estimate of drug-likeness (QED) is 0.739. The van der Waals surface area contributed by atoms with E-state index in [1.807, 2.05) is 0 Å². The summed E-state index contributed by atoms with van der Waals surface area (Å²) in [6.07, 6.45) is 0. The maximum Gasteiger partial charge on any atom is 0.338 e. The molecule has 27 heavy (non-hydrogen) atoms. The number of carbonyl (C=O) groups excluding carboxylic acids is 2. The molecule has 7 nitrogen and oxygen atoms in total. The summed E-state index contributed by atoms with van der Waals surface area (Å²) in [7, 11) is -0.795. The van der Waals surface area contributed by atoms with Gasteiger partial charge in [0.15, 0.2) is 6.61 Å². The van der Waals surface area contributed by atoms with Gasteiger partial charge in [0.2, 0.25) is 10.0 Å². The molecule has 0 heterocycles. The standard InChI is InChI=1S/C18H19ClN2O5S/c1-12-7-8-15(27(24,25)21(2)3)10-16(12)20-17(22)11-26-18(23)13-5-4-6-14(19)9-13/h4-10H,11H2,1-3H3,(H,20,22). The normalized spacial score (nSPS) is 11.3. The lowest BCUT2D eigenvalue weighted by Crippen LogP contribution is -2.23. The summed E-state index contributed by atoms with van der Waals surface area (Å²) in [5.74, 6) is -1.28. The Labute approximate surface area is 162 Å². The summed E-state index contributed by atoms with van der Waals surface area (Å²) in [5.41, 5.74) is 1.22. The van der Waals surface area contributed by atoms with E-state index in [4.69, 9.17) is 16.3 Å². The Morgan fingerprint density at radius 2 is 1.85 bits per heavy atom. The smallest absolute Gasteiger partial charge is 0.338 e. The molecule has 0 saturated carbocycles. The Balaban J connectivity index is 2.06. The van der Waals surface area contributed by atoms with E-state index in [1.165, 1.54) is 38.4 Å². The maximum absolute atomic E-state index is 12.2. The van der Waals surface area contributed by atoms with Crippen molar-refractivity contribution < 1.29 is 22.7 Å². The number of carbonyl (C=O) groups is 2. The van der Waals surface area contributed by atoms with Crippen molar-refractivity contribution in [2.45, 2.75) is 11.8 Å². The molecule has 0 spiro atoms. The molecule has 2 aromatic carbocycles. The highest BCUT2D eigenvalue weighted by atomic mass is 35.5. The van der Waals surface area contributed by atoms with E-state index in [1.54, 1.807) is 25.1 Å². The zero-order chi connectivity index (χ0) is 20.2. The first-order valence-corrected chi connectivity index (χ1v) is 9.69. The lowest BCUT2D eigenvalue weighted by atomic mass is 10.2. The van der Waals surface area contributed by atoms with Gasteiger partial charge in [-0.25, -0.2) is 17.5 Å². The van der Waals surface area contributed by atoms with Crippen molar-refractivity contribution in [3.8, 4) is 0 Å². The number of ether oxygens (including phenoxy) is 1. The van der Waals surface area contributed by atoms with Gasteiger partial charge in [-0.2, -0.15) is 0 Å². The first kappa shape index (κ1) is 20.9. The minimum Gasteiger partial charge on any atom is -0.452 e. The summed E-state index contributed by atoms with van der Waals surface area (Å²) in [6.45, 7) is 1.20. The third-order valence-corrected chi connectivity index (χ3v) is 5.70. The van der Waals surface area contributed by atoms with Crippen LogP contribution < -0.4 is 5.32 Å². The van der Waals surface area contributed by atoms with Crippen molar-refractivity contribution in [3.63, 3.8) is 0 Å². The summed E-state index contributed by atoms with van der Waals surface area (Å²) in [5, 5.41) is 2.93. The minimum atomic E-state index is -3.63. The summed E-state index contributed by atoms with van der Waals surface area (Å²) >= 11 is 5.81. The van der Waals surface area contributed by atoms with Crippen molar-refractivity contribution in [3.05, 3.63) is 58.6 Å². The molecule has 2 rings (SSSR count).